The molecule has 0 bridgehead atoms. The number of thiophene rings is 1. The number of benzene rings is 1. The van der Waals surface area contributed by atoms with Gasteiger partial charge in [0.15, 0.2) is 0 Å². The molecule has 2 rings (SSSR count). The van der Waals surface area contributed by atoms with Crippen LogP contribution in [0.1, 0.15) is 40.0 Å². The molecule has 1 amide bonds. The summed E-state index contributed by atoms with van der Waals surface area (Å²) in [5.41, 5.74) is 5.73. The number of nitrogens with two attached hydrogens (primary N) is 1. The molecule has 0 spiro atoms. The van der Waals surface area contributed by atoms with Gasteiger partial charge in [-0.15, -0.1) is 11.3 Å². The van der Waals surface area contributed by atoms with Crippen molar-refractivity contribution in [3.63, 3.8) is 0 Å². The van der Waals surface area contributed by atoms with Crippen molar-refractivity contribution in [2.24, 2.45) is 5.73 Å². The van der Waals surface area contributed by atoms with Crippen LogP contribution in [0.3, 0.4) is 0 Å². The van der Waals surface area contributed by atoms with Gasteiger partial charge in [-0.05, 0) is 43.7 Å². The topological polar surface area (TPSA) is 55.1 Å². The van der Waals surface area contributed by atoms with Crippen LogP contribution in [0.5, 0.6) is 0 Å². The Morgan fingerprint density at radius 1 is 1.40 bits per heavy atom. The molecule has 3 N–H and O–H groups in total. The van der Waals surface area contributed by atoms with Crippen LogP contribution in [0, 0.1) is 5.82 Å². The van der Waals surface area contributed by atoms with E-state index in [4.69, 9.17) is 5.73 Å². The summed E-state index contributed by atoms with van der Waals surface area (Å²) in [5.74, 6) is -1.36. The Morgan fingerprint density at radius 3 is 2.75 bits per heavy atom. The maximum Gasteiger partial charge on any atom is 0.251 e. The van der Waals surface area contributed by atoms with E-state index in [1.54, 1.807) is 17.4 Å². The highest BCUT2D eigenvalue weighted by molar-refractivity contribution is 7.12. The van der Waals surface area contributed by atoms with E-state index in [0.717, 1.165) is 6.42 Å². The Labute approximate surface area is 121 Å². The van der Waals surface area contributed by atoms with Crippen molar-refractivity contribution in [1.82, 2.24) is 0 Å². The predicted molar refractivity (Wildman–Crippen MR) is 80.7 cm³/mol. The Hall–Kier alpha value is -1.88. The Bertz CT molecular complexity index is 624. The van der Waals surface area contributed by atoms with Crippen molar-refractivity contribution in [2.45, 2.75) is 26.3 Å². The molecule has 0 aliphatic carbocycles. The molecular formula is C15H17FN2OS. The average molecular weight is 292 g/mol. The Kier molecular flexibility index (Phi) is 4.39. The van der Waals surface area contributed by atoms with Gasteiger partial charge >= 0.3 is 0 Å². The highest BCUT2D eigenvalue weighted by Crippen LogP contribution is 2.27. The smallest absolute Gasteiger partial charge is 0.251 e. The third kappa shape index (κ3) is 3.17. The summed E-state index contributed by atoms with van der Waals surface area (Å²) in [6.07, 6.45) is 1.01. The SMILES string of the molecule is CCc1ccc(C(C)Nc2ccc(F)c(C(N)=O)c2)s1. The zero-order valence-corrected chi connectivity index (χ0v) is 12.3. The first-order valence-electron chi connectivity index (χ1n) is 6.45. The highest BCUT2D eigenvalue weighted by Gasteiger charge is 2.12. The van der Waals surface area contributed by atoms with Crippen LogP contribution < -0.4 is 11.1 Å². The molecule has 5 heteroatoms. The minimum atomic E-state index is -0.761. The number of hydrogen-bond donors (Lipinski definition) is 2. The van der Waals surface area contributed by atoms with E-state index in [1.807, 2.05) is 6.92 Å². The largest absolute Gasteiger partial charge is 0.378 e. The molecule has 0 saturated carbocycles. The number of aryl methyl sites for hydroxylation is 1. The maximum absolute atomic E-state index is 13.4. The molecule has 1 atom stereocenters. The number of anilines is 1. The number of halogens is 1. The van der Waals surface area contributed by atoms with E-state index in [0.29, 0.717) is 5.69 Å². The van der Waals surface area contributed by atoms with Gasteiger partial charge in [-0.1, -0.05) is 6.92 Å². The molecule has 20 heavy (non-hydrogen) atoms. The first-order valence-corrected chi connectivity index (χ1v) is 7.27. The van der Waals surface area contributed by atoms with E-state index in [-0.39, 0.29) is 11.6 Å². The average Bonchev–Trinajstić information content (AvgIpc) is 2.89. The number of hydrogen-bond acceptors (Lipinski definition) is 3. The minimum Gasteiger partial charge on any atom is -0.378 e. The molecule has 1 aromatic heterocycles. The van der Waals surface area contributed by atoms with Crippen LogP contribution in [-0.2, 0) is 6.42 Å². The summed E-state index contributed by atoms with van der Waals surface area (Å²) in [5, 5.41) is 3.25. The fourth-order valence-electron chi connectivity index (χ4n) is 1.94. The summed E-state index contributed by atoms with van der Waals surface area (Å²) < 4.78 is 13.4. The number of amides is 1. The van der Waals surface area contributed by atoms with Crippen molar-refractivity contribution in [2.75, 3.05) is 5.32 Å². The lowest BCUT2D eigenvalue weighted by atomic mass is 10.1. The Balaban J connectivity index is 2.17. The van der Waals surface area contributed by atoms with Crippen molar-refractivity contribution in [3.8, 4) is 0 Å². The molecule has 0 aliphatic rings. The molecule has 0 saturated heterocycles. The maximum atomic E-state index is 13.4. The van der Waals surface area contributed by atoms with Crippen LogP contribution in [0.15, 0.2) is 30.3 Å². The fourth-order valence-corrected chi connectivity index (χ4v) is 2.90. The minimum absolute atomic E-state index is 0.0893. The second-order valence-corrected chi connectivity index (χ2v) is 5.78. The molecule has 0 aliphatic heterocycles. The van der Waals surface area contributed by atoms with Crippen LogP contribution in [0.2, 0.25) is 0 Å². The molecule has 1 aromatic carbocycles. The van der Waals surface area contributed by atoms with Crippen LogP contribution in [0.4, 0.5) is 10.1 Å². The fraction of sp³-hybridized carbons (Fsp3) is 0.267. The van der Waals surface area contributed by atoms with Crippen LogP contribution >= 0.6 is 11.3 Å². The molecule has 0 fully saturated rings. The molecule has 0 radical (unpaired) electrons. The zero-order chi connectivity index (χ0) is 14.7. The van der Waals surface area contributed by atoms with Gasteiger partial charge in [-0.3, -0.25) is 4.79 Å². The summed E-state index contributed by atoms with van der Waals surface area (Å²) in [4.78, 5) is 13.7. The van der Waals surface area contributed by atoms with E-state index in [9.17, 15) is 9.18 Å². The first kappa shape index (κ1) is 14.5. The lowest BCUT2D eigenvalue weighted by Crippen LogP contribution is -2.14. The van der Waals surface area contributed by atoms with Crippen molar-refractivity contribution >= 4 is 22.9 Å². The van der Waals surface area contributed by atoms with Gasteiger partial charge in [0, 0.05) is 15.4 Å². The van der Waals surface area contributed by atoms with E-state index in [2.05, 4.69) is 24.4 Å². The van der Waals surface area contributed by atoms with Gasteiger partial charge < -0.3 is 11.1 Å². The van der Waals surface area contributed by atoms with E-state index in [1.165, 1.54) is 21.9 Å². The standard InChI is InChI=1S/C15H17FN2OS/c1-3-11-5-7-14(20-11)9(2)18-10-4-6-13(16)12(8-10)15(17)19/h4-9,18H,3H2,1-2H3,(H2,17,19). The monoisotopic (exact) mass is 292 g/mol. The third-order valence-electron chi connectivity index (χ3n) is 3.07. The lowest BCUT2D eigenvalue weighted by Gasteiger charge is -2.14. The quantitative estimate of drug-likeness (QED) is 0.882. The van der Waals surface area contributed by atoms with Gasteiger partial charge in [0.05, 0.1) is 11.6 Å². The molecule has 1 heterocycles. The van der Waals surface area contributed by atoms with Gasteiger partial charge in [0.2, 0.25) is 0 Å². The summed E-state index contributed by atoms with van der Waals surface area (Å²) in [6, 6.07) is 8.58. The molecule has 3 nitrogen and oxygen atoms in total. The van der Waals surface area contributed by atoms with Crippen LogP contribution in [0.25, 0.3) is 0 Å². The summed E-state index contributed by atoms with van der Waals surface area (Å²) in [6.45, 7) is 4.14. The van der Waals surface area contributed by atoms with Gasteiger partial charge in [-0.25, -0.2) is 4.39 Å². The molecule has 1 unspecified atom stereocenters. The zero-order valence-electron chi connectivity index (χ0n) is 11.4. The van der Waals surface area contributed by atoms with Gasteiger partial charge in [-0.2, -0.15) is 0 Å². The normalized spacial score (nSPS) is 12.2. The van der Waals surface area contributed by atoms with Crippen molar-refractivity contribution < 1.29 is 9.18 Å². The number of rotatable bonds is 5. The summed E-state index contributed by atoms with van der Waals surface area (Å²) >= 11 is 1.75. The highest BCUT2D eigenvalue weighted by atomic mass is 32.1. The predicted octanol–water partition coefficient (Wildman–Crippen LogP) is 3.72. The number of carbonyl (C=O) groups excluding carboxylic acids is 1. The Morgan fingerprint density at radius 2 is 2.15 bits per heavy atom. The molecule has 2 aromatic rings. The number of carbonyl (C=O) groups is 1. The third-order valence-corrected chi connectivity index (χ3v) is 4.48. The lowest BCUT2D eigenvalue weighted by molar-refractivity contribution is 0.0996. The molecule has 106 valence electrons. The van der Waals surface area contributed by atoms with E-state index < -0.39 is 11.7 Å². The van der Waals surface area contributed by atoms with Crippen molar-refractivity contribution in [1.29, 1.82) is 0 Å². The summed E-state index contributed by atoms with van der Waals surface area (Å²) in [7, 11) is 0. The second kappa shape index (κ2) is 6.05. The molecular weight excluding hydrogens is 275 g/mol. The van der Waals surface area contributed by atoms with Gasteiger partial charge in [0.1, 0.15) is 5.82 Å². The van der Waals surface area contributed by atoms with E-state index >= 15 is 0 Å². The van der Waals surface area contributed by atoms with Crippen molar-refractivity contribution in [3.05, 3.63) is 51.5 Å². The number of nitrogens with one attached hydrogen (secondary N) is 1. The second-order valence-electron chi connectivity index (χ2n) is 4.58. The van der Waals surface area contributed by atoms with Crippen LogP contribution in [-0.4, -0.2) is 5.91 Å². The van der Waals surface area contributed by atoms with Gasteiger partial charge in [0.25, 0.3) is 5.91 Å². The number of primary amides is 1. The first-order chi connectivity index (χ1) is 9.51.